The molecule has 1 amide bonds. The van der Waals surface area contributed by atoms with Crippen molar-refractivity contribution in [1.82, 2.24) is 4.90 Å². The van der Waals surface area contributed by atoms with E-state index in [0.717, 1.165) is 19.3 Å². The first-order valence-corrected chi connectivity index (χ1v) is 10.8. The van der Waals surface area contributed by atoms with Gasteiger partial charge in [-0.1, -0.05) is 0 Å². The normalized spacial score (nSPS) is 16.4. The van der Waals surface area contributed by atoms with Gasteiger partial charge in [0.2, 0.25) is 0 Å². The van der Waals surface area contributed by atoms with Crippen molar-refractivity contribution in [3.63, 3.8) is 0 Å². The third-order valence-electron chi connectivity index (χ3n) is 4.31. The maximum Gasteiger partial charge on any atom is 0.410 e. The number of benzene rings is 1. The number of rotatable bonds is 5. The van der Waals surface area contributed by atoms with Crippen LogP contribution < -0.4 is 4.74 Å². The number of nitrogens with zero attached hydrogens (tertiary/aromatic N) is 1. The van der Waals surface area contributed by atoms with Crippen LogP contribution in [0.3, 0.4) is 0 Å². The lowest BCUT2D eigenvalue weighted by atomic mass is 9.94. The molecule has 6 nitrogen and oxygen atoms in total. The standard InChI is InChI=1S/C19H29NO5S/c1-19(2,3)25-18(21)20-12-9-15(10-13-20)11-14-24-16-5-7-17(8-6-16)26(4,22)23/h5-8,15H,9-14H2,1-4H3. The lowest BCUT2D eigenvalue weighted by Crippen LogP contribution is -2.41. The minimum Gasteiger partial charge on any atom is -0.494 e. The quantitative estimate of drug-likeness (QED) is 0.778. The first-order valence-electron chi connectivity index (χ1n) is 8.95. The molecule has 1 saturated heterocycles. The Morgan fingerprint density at radius 1 is 1.15 bits per heavy atom. The molecular weight excluding hydrogens is 354 g/mol. The van der Waals surface area contributed by atoms with Crippen LogP contribution in [0.15, 0.2) is 29.2 Å². The zero-order valence-corrected chi connectivity index (χ0v) is 16.8. The van der Waals surface area contributed by atoms with Crippen molar-refractivity contribution in [2.75, 3.05) is 26.0 Å². The highest BCUT2D eigenvalue weighted by molar-refractivity contribution is 7.90. The summed E-state index contributed by atoms with van der Waals surface area (Å²) in [6.07, 6.45) is 3.74. The second kappa shape index (κ2) is 8.29. The Bertz CT molecular complexity index is 698. The van der Waals surface area contributed by atoms with Gasteiger partial charge in [-0.3, -0.25) is 0 Å². The predicted octanol–water partition coefficient (Wildman–Crippen LogP) is 3.51. The van der Waals surface area contributed by atoms with Crippen LogP contribution in [-0.2, 0) is 14.6 Å². The Labute approximate surface area is 156 Å². The van der Waals surface area contributed by atoms with Crippen LogP contribution in [0.5, 0.6) is 5.75 Å². The Kier molecular flexibility index (Phi) is 6.55. The Morgan fingerprint density at radius 3 is 2.23 bits per heavy atom. The molecule has 0 saturated carbocycles. The van der Waals surface area contributed by atoms with E-state index in [9.17, 15) is 13.2 Å². The van der Waals surface area contributed by atoms with Crippen LogP contribution in [0, 0.1) is 5.92 Å². The van der Waals surface area contributed by atoms with Crippen LogP contribution in [0.25, 0.3) is 0 Å². The van der Waals surface area contributed by atoms with Gasteiger partial charge in [0, 0.05) is 19.3 Å². The van der Waals surface area contributed by atoms with Crippen LogP contribution in [0.2, 0.25) is 0 Å². The van der Waals surface area contributed by atoms with E-state index in [1.807, 2.05) is 20.8 Å². The molecule has 0 N–H and O–H groups in total. The summed E-state index contributed by atoms with van der Waals surface area (Å²) in [5.41, 5.74) is -0.464. The fourth-order valence-electron chi connectivity index (χ4n) is 2.86. The van der Waals surface area contributed by atoms with E-state index in [2.05, 4.69) is 0 Å². The van der Waals surface area contributed by atoms with Crippen molar-refractivity contribution >= 4 is 15.9 Å². The number of sulfone groups is 1. The molecular formula is C19H29NO5S. The first kappa shape index (κ1) is 20.6. The molecule has 0 unspecified atom stereocenters. The summed E-state index contributed by atoms with van der Waals surface area (Å²) >= 11 is 0. The van der Waals surface area contributed by atoms with Gasteiger partial charge in [-0.05, 0) is 70.2 Å². The van der Waals surface area contributed by atoms with Gasteiger partial charge in [0.15, 0.2) is 9.84 Å². The fraction of sp³-hybridized carbons (Fsp3) is 0.632. The highest BCUT2D eigenvalue weighted by Crippen LogP contribution is 2.23. The molecule has 0 aromatic heterocycles. The number of carbonyl (C=O) groups excluding carboxylic acids is 1. The second-order valence-electron chi connectivity index (χ2n) is 7.79. The molecule has 2 rings (SSSR count). The minimum absolute atomic E-state index is 0.238. The summed E-state index contributed by atoms with van der Waals surface area (Å²) in [4.78, 5) is 14.1. The average Bonchev–Trinajstić information content (AvgIpc) is 2.53. The van der Waals surface area contributed by atoms with Crippen molar-refractivity contribution in [2.45, 2.75) is 50.5 Å². The molecule has 1 aliphatic rings. The van der Waals surface area contributed by atoms with Crippen molar-refractivity contribution < 1.29 is 22.7 Å². The van der Waals surface area contributed by atoms with Gasteiger partial charge in [0.05, 0.1) is 11.5 Å². The van der Waals surface area contributed by atoms with Gasteiger partial charge >= 0.3 is 6.09 Å². The molecule has 1 fully saturated rings. The van der Waals surface area contributed by atoms with Gasteiger partial charge in [0.1, 0.15) is 11.4 Å². The summed E-state index contributed by atoms with van der Waals surface area (Å²) in [6.45, 7) is 7.62. The number of hydrogen-bond acceptors (Lipinski definition) is 5. The van der Waals surface area contributed by atoms with Crippen molar-refractivity contribution in [3.05, 3.63) is 24.3 Å². The number of ether oxygens (including phenoxy) is 2. The van der Waals surface area contributed by atoms with E-state index in [1.54, 1.807) is 29.2 Å². The molecule has 146 valence electrons. The molecule has 0 bridgehead atoms. The number of carbonyl (C=O) groups is 1. The molecule has 1 aromatic carbocycles. The highest BCUT2D eigenvalue weighted by atomic mass is 32.2. The van der Waals surface area contributed by atoms with E-state index in [-0.39, 0.29) is 6.09 Å². The SMILES string of the molecule is CC(C)(C)OC(=O)N1CCC(CCOc2ccc(S(C)(=O)=O)cc2)CC1. The summed E-state index contributed by atoms with van der Waals surface area (Å²) in [5.74, 6) is 1.19. The van der Waals surface area contributed by atoms with E-state index in [1.165, 1.54) is 6.26 Å². The van der Waals surface area contributed by atoms with Crippen LogP contribution in [0.4, 0.5) is 4.79 Å². The molecule has 0 atom stereocenters. The Balaban J connectivity index is 1.71. The molecule has 0 radical (unpaired) electrons. The van der Waals surface area contributed by atoms with Gasteiger partial charge in [-0.25, -0.2) is 13.2 Å². The first-order chi connectivity index (χ1) is 12.0. The number of amides is 1. The van der Waals surface area contributed by atoms with Gasteiger partial charge in [-0.2, -0.15) is 0 Å². The lowest BCUT2D eigenvalue weighted by Gasteiger charge is -2.33. The predicted molar refractivity (Wildman–Crippen MR) is 100 cm³/mol. The monoisotopic (exact) mass is 383 g/mol. The third-order valence-corrected chi connectivity index (χ3v) is 5.44. The molecule has 0 aliphatic carbocycles. The molecule has 7 heteroatoms. The average molecular weight is 384 g/mol. The van der Waals surface area contributed by atoms with Crippen LogP contribution in [-0.4, -0.2) is 51.0 Å². The lowest BCUT2D eigenvalue weighted by molar-refractivity contribution is 0.0177. The van der Waals surface area contributed by atoms with E-state index < -0.39 is 15.4 Å². The van der Waals surface area contributed by atoms with E-state index in [0.29, 0.717) is 36.3 Å². The Morgan fingerprint density at radius 2 is 1.73 bits per heavy atom. The third kappa shape index (κ3) is 6.52. The molecule has 1 aromatic rings. The van der Waals surface area contributed by atoms with Gasteiger partial charge in [-0.15, -0.1) is 0 Å². The van der Waals surface area contributed by atoms with E-state index in [4.69, 9.17) is 9.47 Å². The molecule has 0 spiro atoms. The molecule has 1 heterocycles. The maximum absolute atomic E-state index is 12.1. The van der Waals surface area contributed by atoms with Crippen molar-refractivity contribution in [1.29, 1.82) is 0 Å². The summed E-state index contributed by atoms with van der Waals surface area (Å²) in [5, 5.41) is 0. The summed E-state index contributed by atoms with van der Waals surface area (Å²) in [6, 6.07) is 6.48. The number of hydrogen-bond donors (Lipinski definition) is 0. The van der Waals surface area contributed by atoms with Crippen molar-refractivity contribution in [2.24, 2.45) is 5.92 Å². The number of piperidine rings is 1. The summed E-state index contributed by atoms with van der Waals surface area (Å²) < 4.78 is 34.0. The zero-order valence-electron chi connectivity index (χ0n) is 16.0. The second-order valence-corrected chi connectivity index (χ2v) is 9.81. The minimum atomic E-state index is -3.18. The molecule has 1 aliphatic heterocycles. The summed E-state index contributed by atoms with van der Waals surface area (Å²) in [7, 11) is -3.18. The van der Waals surface area contributed by atoms with Crippen molar-refractivity contribution in [3.8, 4) is 5.75 Å². The topological polar surface area (TPSA) is 72.9 Å². The molecule has 26 heavy (non-hydrogen) atoms. The largest absolute Gasteiger partial charge is 0.494 e. The Hall–Kier alpha value is -1.76. The smallest absolute Gasteiger partial charge is 0.410 e. The van der Waals surface area contributed by atoms with Crippen LogP contribution >= 0.6 is 0 Å². The van der Waals surface area contributed by atoms with Crippen LogP contribution in [0.1, 0.15) is 40.0 Å². The zero-order chi connectivity index (χ0) is 19.4. The fourth-order valence-corrected chi connectivity index (χ4v) is 3.49. The van der Waals surface area contributed by atoms with Gasteiger partial charge < -0.3 is 14.4 Å². The van der Waals surface area contributed by atoms with E-state index >= 15 is 0 Å². The highest BCUT2D eigenvalue weighted by Gasteiger charge is 2.26. The number of likely N-dealkylation sites (tertiary alicyclic amines) is 1. The maximum atomic E-state index is 12.1. The van der Waals surface area contributed by atoms with Gasteiger partial charge in [0.25, 0.3) is 0 Å².